The Morgan fingerprint density at radius 1 is 0.978 bits per heavy atom. The van der Waals surface area contributed by atoms with Gasteiger partial charge >= 0.3 is 18.3 Å². The van der Waals surface area contributed by atoms with Crippen molar-refractivity contribution in [3.63, 3.8) is 0 Å². The number of carbonyl (C=O) groups is 1. The number of alkyl halides is 6. The minimum absolute atomic E-state index is 0.135. The number of halogens is 7. The van der Waals surface area contributed by atoms with Gasteiger partial charge in [0.1, 0.15) is 5.69 Å². The maximum Gasteiger partial charge on any atom is 0.490 e. The summed E-state index contributed by atoms with van der Waals surface area (Å²) in [4.78, 5) is 21.2. The number of nitrogens with zero attached hydrogens (tertiary/aromatic N) is 4. The number of aliphatic hydroxyl groups is 1. The number of methoxy groups -OCH3 is 1. The molecule has 45 heavy (non-hydrogen) atoms. The highest BCUT2D eigenvalue weighted by atomic mass is 35.5. The summed E-state index contributed by atoms with van der Waals surface area (Å²) in [6.07, 6.45) is -5.26. The average Bonchev–Trinajstić information content (AvgIpc) is 3.44. The molecule has 0 radical (unpaired) electrons. The van der Waals surface area contributed by atoms with Gasteiger partial charge in [0.25, 0.3) is 0 Å². The first-order chi connectivity index (χ1) is 21.1. The van der Waals surface area contributed by atoms with E-state index in [0.717, 1.165) is 17.8 Å². The Labute approximate surface area is 256 Å². The van der Waals surface area contributed by atoms with Gasteiger partial charge in [0.05, 0.1) is 35.9 Å². The topological polar surface area (TPSA) is 110 Å². The van der Waals surface area contributed by atoms with Crippen LogP contribution in [0.25, 0.3) is 10.9 Å². The van der Waals surface area contributed by atoms with E-state index < -0.39 is 29.6 Å². The molecule has 1 atom stereocenters. The second-order valence-electron chi connectivity index (χ2n) is 9.64. The largest absolute Gasteiger partial charge is 0.490 e. The van der Waals surface area contributed by atoms with Crippen molar-refractivity contribution in [3.05, 3.63) is 118 Å². The van der Waals surface area contributed by atoms with Crippen molar-refractivity contribution in [2.75, 3.05) is 7.11 Å². The number of carboxylic acid groups (broad SMARTS) is 1. The molecule has 1 unspecified atom stereocenters. The molecule has 0 amide bonds. The molecule has 0 aliphatic carbocycles. The van der Waals surface area contributed by atoms with Gasteiger partial charge in [-0.15, -0.1) is 0 Å². The second-order valence-corrected chi connectivity index (χ2v) is 10.0. The zero-order valence-electron chi connectivity index (χ0n) is 23.4. The van der Waals surface area contributed by atoms with Crippen molar-refractivity contribution in [1.29, 1.82) is 0 Å². The standard InChI is InChI=1S/C28H22ClF3N4O2.C2HF3O2/c1-36-16-33-15-24(36)27(37,19-9-11-23(34-14-19)28(30,31)32)18-8-10-22-20(13-18)25(29)21(26(35-22)38-2)12-17-6-4-3-5-7-17;3-2(4,5)1(6)7/h3-11,13-16,37H,12H2,1-2H3;(H,6,7). The average molecular weight is 653 g/mol. The Hall–Kier alpha value is -4.69. The lowest BCUT2D eigenvalue weighted by Crippen LogP contribution is -2.31. The van der Waals surface area contributed by atoms with Gasteiger partial charge in [0, 0.05) is 36.2 Å². The predicted octanol–water partition coefficient (Wildman–Crippen LogP) is 6.55. The van der Waals surface area contributed by atoms with Crippen LogP contribution in [0, 0.1) is 0 Å². The molecule has 0 aliphatic rings. The maximum absolute atomic E-state index is 13.2. The SMILES string of the molecule is COc1nc2ccc(C(O)(c3ccc(C(F)(F)F)nc3)c3cncn3C)cc2c(Cl)c1Cc1ccccc1.O=C(O)C(F)(F)F. The third-order valence-corrected chi connectivity index (χ3v) is 7.15. The van der Waals surface area contributed by atoms with Crippen LogP contribution in [-0.4, -0.2) is 49.0 Å². The van der Waals surface area contributed by atoms with Crippen LogP contribution >= 0.6 is 11.6 Å². The minimum Gasteiger partial charge on any atom is -0.481 e. The summed E-state index contributed by atoms with van der Waals surface area (Å²) < 4.78 is 78.4. The van der Waals surface area contributed by atoms with Crippen LogP contribution in [0.15, 0.2) is 79.4 Å². The number of aliphatic carboxylic acids is 1. The fourth-order valence-electron chi connectivity index (χ4n) is 4.53. The number of carboxylic acids is 1. The molecule has 15 heteroatoms. The van der Waals surface area contributed by atoms with E-state index in [1.54, 1.807) is 29.8 Å². The smallest absolute Gasteiger partial charge is 0.481 e. The van der Waals surface area contributed by atoms with Gasteiger partial charge < -0.3 is 19.5 Å². The number of fused-ring (bicyclic) bond motifs is 1. The summed E-state index contributed by atoms with van der Waals surface area (Å²) in [5.74, 6) is -2.37. The number of aryl methyl sites for hydroxylation is 1. The van der Waals surface area contributed by atoms with Gasteiger partial charge in [-0.1, -0.05) is 54.1 Å². The monoisotopic (exact) mass is 652 g/mol. The quantitative estimate of drug-likeness (QED) is 0.200. The molecule has 5 rings (SSSR count). The summed E-state index contributed by atoms with van der Waals surface area (Å²) in [6, 6.07) is 16.8. The third kappa shape index (κ3) is 7.02. The highest BCUT2D eigenvalue weighted by Crippen LogP contribution is 2.41. The molecule has 5 aromatic rings. The molecule has 0 bridgehead atoms. The fourth-order valence-corrected chi connectivity index (χ4v) is 4.83. The van der Waals surface area contributed by atoms with Gasteiger partial charge in [-0.05, 0) is 29.3 Å². The number of benzene rings is 2. The number of rotatable bonds is 6. The molecular formula is C30H23ClF6N4O4. The van der Waals surface area contributed by atoms with Crippen LogP contribution in [-0.2, 0) is 30.0 Å². The Morgan fingerprint density at radius 2 is 1.62 bits per heavy atom. The number of ether oxygens (including phenoxy) is 1. The first kappa shape index (κ1) is 33.2. The van der Waals surface area contributed by atoms with Crippen molar-refractivity contribution >= 4 is 28.5 Å². The van der Waals surface area contributed by atoms with E-state index in [4.69, 9.17) is 26.2 Å². The molecule has 0 saturated heterocycles. The predicted molar refractivity (Wildman–Crippen MR) is 151 cm³/mol. The summed E-state index contributed by atoms with van der Waals surface area (Å²) in [7, 11) is 3.20. The Morgan fingerprint density at radius 3 is 2.13 bits per heavy atom. The van der Waals surface area contributed by atoms with Crippen LogP contribution in [0.5, 0.6) is 5.88 Å². The Kier molecular flexibility index (Phi) is 9.40. The molecule has 2 aromatic carbocycles. The van der Waals surface area contributed by atoms with E-state index in [-0.39, 0.29) is 5.56 Å². The molecule has 8 nitrogen and oxygen atoms in total. The van der Waals surface area contributed by atoms with E-state index in [0.29, 0.717) is 45.0 Å². The molecule has 0 fully saturated rings. The highest BCUT2D eigenvalue weighted by molar-refractivity contribution is 6.36. The number of pyridine rings is 2. The van der Waals surface area contributed by atoms with E-state index in [9.17, 15) is 31.4 Å². The van der Waals surface area contributed by atoms with Gasteiger partial charge in [0.2, 0.25) is 5.88 Å². The maximum atomic E-state index is 13.2. The number of imidazole rings is 1. The van der Waals surface area contributed by atoms with Crippen LogP contribution in [0.4, 0.5) is 26.3 Å². The zero-order chi connectivity index (χ0) is 33.2. The number of hydrogen-bond acceptors (Lipinski definition) is 6. The molecular weight excluding hydrogens is 630 g/mol. The van der Waals surface area contributed by atoms with Crippen LogP contribution in [0.3, 0.4) is 0 Å². The number of hydrogen-bond donors (Lipinski definition) is 2. The normalized spacial score (nSPS) is 13.1. The molecule has 0 saturated carbocycles. The van der Waals surface area contributed by atoms with Crippen molar-refractivity contribution in [2.24, 2.45) is 7.05 Å². The first-order valence-electron chi connectivity index (χ1n) is 12.8. The van der Waals surface area contributed by atoms with Gasteiger partial charge in [-0.3, -0.25) is 4.98 Å². The van der Waals surface area contributed by atoms with Crippen molar-refractivity contribution in [2.45, 2.75) is 24.4 Å². The number of aromatic nitrogens is 4. The van der Waals surface area contributed by atoms with Gasteiger partial charge in [0.15, 0.2) is 5.60 Å². The van der Waals surface area contributed by atoms with Crippen LogP contribution in [0.1, 0.15) is 33.6 Å². The first-order valence-corrected chi connectivity index (χ1v) is 13.2. The van der Waals surface area contributed by atoms with E-state index in [1.807, 2.05) is 30.3 Å². The van der Waals surface area contributed by atoms with Gasteiger partial charge in [-0.2, -0.15) is 26.3 Å². The van der Waals surface area contributed by atoms with Crippen LogP contribution in [0.2, 0.25) is 5.02 Å². The molecule has 2 N–H and O–H groups in total. The van der Waals surface area contributed by atoms with Crippen molar-refractivity contribution < 1.29 is 46.1 Å². The Balaban J connectivity index is 0.000000591. The molecule has 0 spiro atoms. The second kappa shape index (κ2) is 12.7. The van der Waals surface area contributed by atoms with E-state index in [2.05, 4.69) is 15.0 Å². The minimum atomic E-state index is -5.08. The zero-order valence-corrected chi connectivity index (χ0v) is 24.1. The molecule has 0 aliphatic heterocycles. The van der Waals surface area contributed by atoms with Crippen LogP contribution < -0.4 is 4.74 Å². The van der Waals surface area contributed by atoms with Crippen molar-refractivity contribution in [3.8, 4) is 5.88 Å². The lowest BCUT2D eigenvalue weighted by atomic mass is 9.83. The lowest BCUT2D eigenvalue weighted by molar-refractivity contribution is -0.192. The molecule has 3 aromatic heterocycles. The highest BCUT2D eigenvalue weighted by Gasteiger charge is 2.39. The summed E-state index contributed by atoms with van der Waals surface area (Å²) in [5.41, 5.74) is 0.0879. The van der Waals surface area contributed by atoms with E-state index >= 15 is 0 Å². The summed E-state index contributed by atoms with van der Waals surface area (Å²) in [5, 5.41) is 20.2. The fraction of sp³-hybridized carbons (Fsp3) is 0.200. The van der Waals surface area contributed by atoms with E-state index in [1.165, 1.54) is 25.7 Å². The lowest BCUT2D eigenvalue weighted by Gasteiger charge is -2.30. The Bertz CT molecular complexity index is 1810. The van der Waals surface area contributed by atoms with Gasteiger partial charge in [-0.25, -0.2) is 14.8 Å². The molecule has 236 valence electrons. The summed E-state index contributed by atoms with van der Waals surface area (Å²) >= 11 is 6.91. The third-order valence-electron chi connectivity index (χ3n) is 6.71. The molecule has 3 heterocycles. The van der Waals surface area contributed by atoms with Crippen molar-refractivity contribution in [1.82, 2.24) is 19.5 Å². The summed E-state index contributed by atoms with van der Waals surface area (Å²) in [6.45, 7) is 0.